The van der Waals surface area contributed by atoms with E-state index in [0.29, 0.717) is 28.6 Å². The summed E-state index contributed by atoms with van der Waals surface area (Å²) in [5, 5.41) is 0.615. The first-order valence-corrected chi connectivity index (χ1v) is 6.93. The van der Waals surface area contributed by atoms with Crippen molar-refractivity contribution in [2.45, 2.75) is 13.5 Å². The Balaban J connectivity index is 2.08. The molecule has 0 saturated heterocycles. The van der Waals surface area contributed by atoms with E-state index in [-0.39, 0.29) is 5.91 Å². The summed E-state index contributed by atoms with van der Waals surface area (Å²) in [6.07, 6.45) is 0. The summed E-state index contributed by atoms with van der Waals surface area (Å²) in [5.41, 5.74) is 9.58. The molecule has 21 heavy (non-hydrogen) atoms. The van der Waals surface area contributed by atoms with E-state index in [1.165, 1.54) is 0 Å². The van der Waals surface area contributed by atoms with E-state index >= 15 is 0 Å². The zero-order valence-electron chi connectivity index (χ0n) is 11.8. The van der Waals surface area contributed by atoms with Gasteiger partial charge in [0.2, 0.25) is 0 Å². The number of aryl methyl sites for hydroxylation is 1. The Morgan fingerprint density at radius 3 is 2.76 bits per heavy atom. The maximum absolute atomic E-state index is 12.6. The van der Waals surface area contributed by atoms with Crippen molar-refractivity contribution in [2.24, 2.45) is 0 Å². The topological polar surface area (TPSA) is 55.6 Å². The lowest BCUT2D eigenvalue weighted by Gasteiger charge is -2.20. The van der Waals surface area contributed by atoms with Crippen LogP contribution in [0.25, 0.3) is 0 Å². The summed E-state index contributed by atoms with van der Waals surface area (Å²) in [6.45, 7) is 2.41. The number of carbonyl (C=O) groups excluding carboxylic acids is 1. The van der Waals surface area contributed by atoms with Gasteiger partial charge in [-0.1, -0.05) is 17.7 Å². The number of benzene rings is 2. The van der Waals surface area contributed by atoms with Gasteiger partial charge in [0, 0.05) is 22.3 Å². The van der Waals surface area contributed by atoms with Crippen LogP contribution >= 0.6 is 11.6 Å². The van der Waals surface area contributed by atoms with Crippen LogP contribution in [0.5, 0.6) is 5.75 Å². The number of fused-ring (bicyclic) bond motifs is 1. The molecule has 0 saturated carbocycles. The third-order valence-electron chi connectivity index (χ3n) is 3.69. The van der Waals surface area contributed by atoms with E-state index in [9.17, 15) is 4.79 Å². The smallest absolute Gasteiger partial charge is 0.259 e. The van der Waals surface area contributed by atoms with Gasteiger partial charge in [-0.05, 0) is 36.2 Å². The molecule has 2 aromatic rings. The van der Waals surface area contributed by atoms with Crippen molar-refractivity contribution >= 4 is 28.9 Å². The van der Waals surface area contributed by atoms with Crippen molar-refractivity contribution in [3.05, 3.63) is 52.0 Å². The van der Waals surface area contributed by atoms with Gasteiger partial charge in [0.1, 0.15) is 5.75 Å². The predicted molar refractivity (Wildman–Crippen MR) is 84.1 cm³/mol. The Labute approximate surface area is 128 Å². The molecule has 1 amide bonds. The number of nitrogen functional groups attached to an aromatic ring is 1. The summed E-state index contributed by atoms with van der Waals surface area (Å²) >= 11 is 6.12. The molecule has 108 valence electrons. The maximum atomic E-state index is 12.6. The molecule has 0 radical (unpaired) electrons. The van der Waals surface area contributed by atoms with Crippen LogP contribution in [0.2, 0.25) is 5.02 Å². The number of halogens is 1. The molecular formula is C16H15ClN2O2. The highest BCUT2D eigenvalue weighted by atomic mass is 35.5. The molecule has 0 bridgehead atoms. The number of rotatable bonds is 2. The minimum absolute atomic E-state index is 0.0719. The first kappa shape index (κ1) is 13.8. The van der Waals surface area contributed by atoms with E-state index in [2.05, 4.69) is 0 Å². The number of carbonyl (C=O) groups is 1. The number of hydrogen-bond donors (Lipinski definition) is 1. The highest BCUT2D eigenvalue weighted by molar-refractivity contribution is 6.31. The van der Waals surface area contributed by atoms with Crippen LogP contribution in [0.15, 0.2) is 30.3 Å². The Morgan fingerprint density at radius 2 is 2.05 bits per heavy atom. The lowest BCUT2D eigenvalue weighted by Crippen LogP contribution is -2.23. The maximum Gasteiger partial charge on any atom is 0.259 e. The third kappa shape index (κ3) is 2.21. The van der Waals surface area contributed by atoms with Crippen molar-refractivity contribution in [3.63, 3.8) is 0 Å². The average molecular weight is 303 g/mol. The fourth-order valence-electron chi connectivity index (χ4n) is 2.54. The van der Waals surface area contributed by atoms with Crippen molar-refractivity contribution < 1.29 is 9.53 Å². The van der Waals surface area contributed by atoms with E-state index in [1.807, 2.05) is 19.1 Å². The molecule has 1 aliphatic heterocycles. The molecule has 2 aromatic carbocycles. The second-order valence-electron chi connectivity index (χ2n) is 5.08. The molecular weight excluding hydrogens is 288 g/mol. The van der Waals surface area contributed by atoms with Gasteiger partial charge in [-0.2, -0.15) is 0 Å². The van der Waals surface area contributed by atoms with Crippen LogP contribution in [0.3, 0.4) is 0 Å². The lowest BCUT2D eigenvalue weighted by molar-refractivity contribution is 0.0996. The minimum Gasteiger partial charge on any atom is -0.495 e. The minimum atomic E-state index is -0.0719. The SMILES string of the molecule is COc1cc(Cl)c(C)cc1N1Cc2ccc(N)cc2C1=O. The van der Waals surface area contributed by atoms with Crippen LogP contribution in [-0.4, -0.2) is 13.0 Å². The van der Waals surface area contributed by atoms with E-state index in [1.54, 1.807) is 30.2 Å². The largest absolute Gasteiger partial charge is 0.495 e. The predicted octanol–water partition coefficient (Wildman–Crippen LogP) is 3.40. The molecule has 0 atom stereocenters. The number of ether oxygens (including phenoxy) is 1. The Kier molecular flexibility index (Phi) is 3.26. The van der Waals surface area contributed by atoms with Gasteiger partial charge in [0.15, 0.2) is 0 Å². The Hall–Kier alpha value is -2.20. The average Bonchev–Trinajstić information content (AvgIpc) is 2.78. The van der Waals surface area contributed by atoms with Gasteiger partial charge >= 0.3 is 0 Å². The zero-order valence-corrected chi connectivity index (χ0v) is 12.6. The second kappa shape index (κ2) is 4.97. The van der Waals surface area contributed by atoms with Crippen LogP contribution in [0, 0.1) is 6.92 Å². The summed E-state index contributed by atoms with van der Waals surface area (Å²) in [4.78, 5) is 14.3. The number of anilines is 2. The number of nitrogens with zero attached hydrogens (tertiary/aromatic N) is 1. The van der Waals surface area contributed by atoms with E-state index in [0.717, 1.165) is 16.8 Å². The second-order valence-corrected chi connectivity index (χ2v) is 5.49. The molecule has 2 N–H and O–H groups in total. The number of amides is 1. The van der Waals surface area contributed by atoms with Crippen LogP contribution in [0.1, 0.15) is 21.5 Å². The molecule has 0 fully saturated rings. The van der Waals surface area contributed by atoms with Crippen molar-refractivity contribution in [1.29, 1.82) is 0 Å². The van der Waals surface area contributed by atoms with Gasteiger partial charge in [0.25, 0.3) is 5.91 Å². The summed E-state index contributed by atoms with van der Waals surface area (Å²) < 4.78 is 5.36. The number of nitrogens with two attached hydrogens (primary N) is 1. The third-order valence-corrected chi connectivity index (χ3v) is 4.10. The van der Waals surface area contributed by atoms with Gasteiger partial charge in [-0.25, -0.2) is 0 Å². The summed E-state index contributed by atoms with van der Waals surface area (Å²) in [6, 6.07) is 9.01. The summed E-state index contributed by atoms with van der Waals surface area (Å²) in [5.74, 6) is 0.511. The van der Waals surface area contributed by atoms with Crippen LogP contribution in [0.4, 0.5) is 11.4 Å². The fourth-order valence-corrected chi connectivity index (χ4v) is 2.69. The zero-order chi connectivity index (χ0) is 15.1. The Bertz CT molecular complexity index is 743. The summed E-state index contributed by atoms with van der Waals surface area (Å²) in [7, 11) is 1.57. The molecule has 4 nitrogen and oxygen atoms in total. The van der Waals surface area contributed by atoms with E-state index < -0.39 is 0 Å². The van der Waals surface area contributed by atoms with Gasteiger partial charge < -0.3 is 15.4 Å². The quantitative estimate of drug-likeness (QED) is 0.865. The molecule has 0 spiro atoms. The van der Waals surface area contributed by atoms with Crippen molar-refractivity contribution in [2.75, 3.05) is 17.7 Å². The van der Waals surface area contributed by atoms with E-state index in [4.69, 9.17) is 22.1 Å². The molecule has 1 aliphatic rings. The standard InChI is InChI=1S/C16H15ClN2O2/c1-9-5-14(15(21-2)7-13(9)17)19-8-10-3-4-11(18)6-12(10)16(19)20/h3-7H,8,18H2,1-2H3. The first-order chi connectivity index (χ1) is 10.0. The van der Waals surface area contributed by atoms with Gasteiger partial charge in [-0.3, -0.25) is 4.79 Å². The molecule has 5 heteroatoms. The van der Waals surface area contributed by atoms with Crippen LogP contribution < -0.4 is 15.4 Å². The normalized spacial score (nSPS) is 13.5. The number of methoxy groups -OCH3 is 1. The molecule has 0 aromatic heterocycles. The Morgan fingerprint density at radius 1 is 1.29 bits per heavy atom. The highest BCUT2D eigenvalue weighted by Gasteiger charge is 2.30. The molecule has 0 unspecified atom stereocenters. The molecule has 3 rings (SSSR count). The fraction of sp³-hybridized carbons (Fsp3) is 0.188. The van der Waals surface area contributed by atoms with Crippen LogP contribution in [-0.2, 0) is 6.54 Å². The van der Waals surface area contributed by atoms with Gasteiger partial charge in [0.05, 0.1) is 19.3 Å². The van der Waals surface area contributed by atoms with Crippen molar-refractivity contribution in [3.8, 4) is 5.75 Å². The monoisotopic (exact) mass is 302 g/mol. The highest BCUT2D eigenvalue weighted by Crippen LogP contribution is 2.38. The lowest BCUT2D eigenvalue weighted by atomic mass is 10.1. The number of hydrogen-bond acceptors (Lipinski definition) is 3. The first-order valence-electron chi connectivity index (χ1n) is 6.55. The van der Waals surface area contributed by atoms with Crippen molar-refractivity contribution in [1.82, 2.24) is 0 Å². The molecule has 0 aliphatic carbocycles. The molecule has 1 heterocycles. The van der Waals surface area contributed by atoms with Gasteiger partial charge in [-0.15, -0.1) is 0 Å².